The summed E-state index contributed by atoms with van der Waals surface area (Å²) in [5.41, 5.74) is 0.520. The van der Waals surface area contributed by atoms with E-state index in [9.17, 15) is 9.59 Å². The molecule has 3 rings (SSSR count). The number of hydrogen-bond donors (Lipinski definition) is 3. The molecule has 0 atom stereocenters. The Balaban J connectivity index is 1.45. The Morgan fingerprint density at radius 3 is 2.64 bits per heavy atom. The van der Waals surface area contributed by atoms with Crippen molar-refractivity contribution in [3.05, 3.63) is 18.3 Å². The van der Waals surface area contributed by atoms with E-state index in [1.54, 1.807) is 23.2 Å². The second-order valence-electron chi connectivity index (χ2n) is 8.40. The van der Waals surface area contributed by atoms with Crippen LogP contribution in [0.4, 0.5) is 10.5 Å². The number of thioether (sulfide) groups is 1. The van der Waals surface area contributed by atoms with Crippen LogP contribution in [-0.4, -0.2) is 76.3 Å². The fourth-order valence-corrected chi connectivity index (χ4v) is 4.46. The average Bonchev–Trinajstić information content (AvgIpc) is 3.14. The summed E-state index contributed by atoms with van der Waals surface area (Å²) in [7, 11) is 0. The number of carboxylic acid groups (broad SMARTS) is 1. The molecule has 0 radical (unpaired) electrons. The summed E-state index contributed by atoms with van der Waals surface area (Å²) in [5.74, 6) is -0.812. The highest BCUT2D eigenvalue weighted by Gasteiger charge is 2.26. The predicted molar refractivity (Wildman–Crippen MR) is 125 cm³/mol. The summed E-state index contributed by atoms with van der Waals surface area (Å²) in [6, 6.07) is 3.33. The number of thiocarbonyl (C=S) groups is 1. The van der Waals surface area contributed by atoms with Crippen LogP contribution < -0.4 is 15.4 Å². The van der Waals surface area contributed by atoms with E-state index in [-0.39, 0.29) is 23.2 Å². The molecule has 178 valence electrons. The summed E-state index contributed by atoms with van der Waals surface area (Å²) in [5, 5.41) is 27.3. The van der Waals surface area contributed by atoms with Crippen molar-refractivity contribution >= 4 is 46.8 Å². The van der Waals surface area contributed by atoms with Gasteiger partial charge in [-0.2, -0.15) is 0 Å². The highest BCUT2D eigenvalue weighted by molar-refractivity contribution is 7.99. The number of amides is 1. The van der Waals surface area contributed by atoms with Crippen molar-refractivity contribution in [3.63, 3.8) is 0 Å². The maximum absolute atomic E-state index is 12.5. The molecule has 2 aromatic heterocycles. The van der Waals surface area contributed by atoms with Crippen molar-refractivity contribution in [2.45, 2.75) is 56.1 Å². The molecular formula is C19H26N8O4S2. The maximum Gasteiger partial charge on any atom is 0.416 e. The molecule has 1 saturated heterocycles. The van der Waals surface area contributed by atoms with Crippen molar-refractivity contribution < 1.29 is 19.4 Å². The Kier molecular flexibility index (Phi) is 8.02. The molecule has 1 amide bonds. The van der Waals surface area contributed by atoms with Gasteiger partial charge in [0.05, 0.1) is 11.9 Å². The topological polar surface area (TPSA) is 147 Å². The number of rotatable bonds is 6. The van der Waals surface area contributed by atoms with Gasteiger partial charge in [-0.3, -0.25) is 4.79 Å². The molecule has 12 nitrogen and oxygen atoms in total. The van der Waals surface area contributed by atoms with Crippen molar-refractivity contribution in [1.82, 2.24) is 35.4 Å². The number of anilines is 1. The van der Waals surface area contributed by atoms with Gasteiger partial charge in [-0.25, -0.2) is 14.5 Å². The molecule has 14 heteroatoms. The minimum atomic E-state index is -1.01. The van der Waals surface area contributed by atoms with Crippen molar-refractivity contribution in [2.24, 2.45) is 0 Å². The summed E-state index contributed by atoms with van der Waals surface area (Å²) in [4.78, 5) is 29.2. The smallest absolute Gasteiger partial charge is 0.416 e. The van der Waals surface area contributed by atoms with Crippen LogP contribution in [0.5, 0.6) is 5.88 Å². The van der Waals surface area contributed by atoms with Crippen LogP contribution in [0, 0.1) is 0 Å². The van der Waals surface area contributed by atoms with Crippen LogP contribution in [-0.2, 0) is 11.3 Å². The van der Waals surface area contributed by atoms with Crippen LogP contribution in [0.15, 0.2) is 23.5 Å². The Hall–Kier alpha value is -3.00. The number of pyridine rings is 1. The fourth-order valence-electron chi connectivity index (χ4n) is 2.99. The zero-order valence-corrected chi connectivity index (χ0v) is 20.1. The lowest BCUT2D eigenvalue weighted by molar-refractivity contribution is -0.138. The molecule has 2 aromatic rings. The third kappa shape index (κ3) is 7.82. The maximum atomic E-state index is 12.5. The zero-order valence-electron chi connectivity index (χ0n) is 18.5. The molecule has 0 unspecified atom stereocenters. The normalized spacial score (nSPS) is 14.6. The third-order valence-electron chi connectivity index (χ3n) is 4.43. The molecule has 1 fully saturated rings. The minimum absolute atomic E-state index is 0.161. The van der Waals surface area contributed by atoms with Gasteiger partial charge in [-0.15, -0.1) is 5.10 Å². The molecule has 1 aliphatic heterocycles. The molecule has 0 aliphatic carbocycles. The lowest BCUT2D eigenvalue weighted by Crippen LogP contribution is -2.42. The van der Waals surface area contributed by atoms with Gasteiger partial charge in [-0.05, 0) is 62.3 Å². The number of tetrazole rings is 1. The van der Waals surface area contributed by atoms with Crippen LogP contribution in [0.1, 0.15) is 33.6 Å². The van der Waals surface area contributed by atoms with Crippen molar-refractivity contribution in [1.29, 1.82) is 0 Å². The molecule has 3 N–H and O–H groups in total. The van der Waals surface area contributed by atoms with Crippen molar-refractivity contribution in [2.75, 3.05) is 18.4 Å². The van der Waals surface area contributed by atoms with Gasteiger partial charge in [0.25, 0.3) is 0 Å². The van der Waals surface area contributed by atoms with Gasteiger partial charge in [0, 0.05) is 29.9 Å². The average molecular weight is 495 g/mol. The van der Waals surface area contributed by atoms with Crippen LogP contribution in [0.25, 0.3) is 0 Å². The van der Waals surface area contributed by atoms with Crippen molar-refractivity contribution in [3.8, 4) is 5.88 Å². The number of carboxylic acids is 1. The predicted octanol–water partition coefficient (Wildman–Crippen LogP) is 1.99. The Morgan fingerprint density at radius 2 is 2.03 bits per heavy atom. The SMILES string of the molecule is CC(C)(C)NC(=S)Nc1ccc(OC(=O)N2CCC(Sc3nnnn3CC(=O)O)CC2)nc1. The molecule has 33 heavy (non-hydrogen) atoms. The second kappa shape index (κ2) is 10.7. The van der Waals surface area contributed by atoms with Crippen LogP contribution in [0.3, 0.4) is 0 Å². The van der Waals surface area contributed by atoms with Gasteiger partial charge in [0.15, 0.2) is 5.11 Å². The zero-order chi connectivity index (χ0) is 24.0. The first kappa shape index (κ1) is 24.6. The number of carbonyl (C=O) groups is 2. The Labute approximate surface area is 200 Å². The first-order valence-electron chi connectivity index (χ1n) is 10.3. The first-order chi connectivity index (χ1) is 15.6. The Morgan fingerprint density at radius 1 is 1.30 bits per heavy atom. The summed E-state index contributed by atoms with van der Waals surface area (Å²) < 4.78 is 6.64. The summed E-state index contributed by atoms with van der Waals surface area (Å²) >= 11 is 6.68. The number of aliphatic carboxylic acids is 1. The summed E-state index contributed by atoms with van der Waals surface area (Å²) in [6.45, 7) is 6.73. The molecule has 0 spiro atoms. The number of nitrogens with one attached hydrogen (secondary N) is 2. The monoisotopic (exact) mass is 494 g/mol. The van der Waals surface area contributed by atoms with E-state index < -0.39 is 12.1 Å². The van der Waals surface area contributed by atoms with Gasteiger partial charge >= 0.3 is 12.1 Å². The highest BCUT2D eigenvalue weighted by atomic mass is 32.2. The number of piperidine rings is 1. The fraction of sp³-hybridized carbons (Fsp3) is 0.526. The molecular weight excluding hydrogens is 468 g/mol. The highest BCUT2D eigenvalue weighted by Crippen LogP contribution is 2.29. The number of likely N-dealkylation sites (tertiary alicyclic amines) is 1. The number of aromatic nitrogens is 5. The number of carbonyl (C=O) groups excluding carboxylic acids is 1. The number of hydrogen-bond acceptors (Lipinski definition) is 9. The molecule has 1 aliphatic rings. The molecule has 0 aromatic carbocycles. The van der Waals surface area contributed by atoms with Crippen LogP contribution in [0.2, 0.25) is 0 Å². The van der Waals surface area contributed by atoms with E-state index in [4.69, 9.17) is 22.1 Å². The summed E-state index contributed by atoms with van der Waals surface area (Å²) in [6.07, 6.45) is 2.48. The van der Waals surface area contributed by atoms with E-state index in [2.05, 4.69) is 31.1 Å². The van der Waals surface area contributed by atoms with Gasteiger partial charge in [0.1, 0.15) is 6.54 Å². The molecule has 0 bridgehead atoms. The van der Waals surface area contributed by atoms with E-state index in [0.29, 0.717) is 41.9 Å². The minimum Gasteiger partial charge on any atom is -0.480 e. The molecule has 0 saturated carbocycles. The largest absolute Gasteiger partial charge is 0.480 e. The molecule has 3 heterocycles. The van der Waals surface area contributed by atoms with E-state index in [1.807, 2.05) is 20.8 Å². The van der Waals surface area contributed by atoms with E-state index in [0.717, 1.165) is 0 Å². The van der Waals surface area contributed by atoms with Gasteiger partial charge in [0.2, 0.25) is 11.0 Å². The first-order valence-corrected chi connectivity index (χ1v) is 11.5. The van der Waals surface area contributed by atoms with Crippen LogP contribution >= 0.6 is 24.0 Å². The van der Waals surface area contributed by atoms with E-state index in [1.165, 1.54) is 16.4 Å². The number of nitrogens with zero attached hydrogens (tertiary/aromatic N) is 6. The van der Waals surface area contributed by atoms with Gasteiger partial charge in [-0.1, -0.05) is 11.8 Å². The van der Waals surface area contributed by atoms with E-state index >= 15 is 0 Å². The standard InChI is InChI=1S/C19H26N8O4S2/c1-19(2,3)22-16(32)21-12-4-5-14(20-10-12)31-18(30)26-8-6-13(7-9-26)33-17-23-24-25-27(17)11-15(28)29/h4-5,10,13H,6-9,11H2,1-3H3,(H,28,29)(H2,21,22,32). The Bertz CT molecular complexity index is 984. The third-order valence-corrected chi connectivity index (χ3v) is 5.94. The quantitative estimate of drug-likeness (QED) is 0.504. The lowest BCUT2D eigenvalue weighted by Gasteiger charge is -2.30. The van der Waals surface area contributed by atoms with Gasteiger partial charge < -0.3 is 25.4 Å². The number of ether oxygens (including phenoxy) is 1. The lowest BCUT2D eigenvalue weighted by atomic mass is 10.1. The second-order valence-corrected chi connectivity index (χ2v) is 10.1.